The molecule has 2 aromatic rings. The van der Waals surface area contributed by atoms with Crippen LogP contribution in [-0.2, 0) is 4.79 Å². The van der Waals surface area contributed by atoms with E-state index in [4.69, 9.17) is 14.2 Å². The molecule has 0 aromatic heterocycles. The average Bonchev–Trinajstić information content (AvgIpc) is 3.29. The van der Waals surface area contributed by atoms with E-state index in [0.717, 1.165) is 12.0 Å². The largest absolute Gasteiger partial charge is 0.484 e. The van der Waals surface area contributed by atoms with Crippen molar-refractivity contribution in [2.75, 3.05) is 26.5 Å². The summed E-state index contributed by atoms with van der Waals surface area (Å²) in [5, 5.41) is 0. The number of nitrogens with zero attached hydrogens (tertiary/aromatic N) is 1. The fourth-order valence-corrected chi connectivity index (χ4v) is 3.20. The van der Waals surface area contributed by atoms with Crippen molar-refractivity contribution in [3.8, 4) is 17.2 Å². The minimum absolute atomic E-state index is 0.0181. The van der Waals surface area contributed by atoms with Gasteiger partial charge in [0.1, 0.15) is 11.6 Å². The van der Waals surface area contributed by atoms with E-state index < -0.39 is 0 Å². The van der Waals surface area contributed by atoms with Crippen molar-refractivity contribution in [3.63, 3.8) is 0 Å². The van der Waals surface area contributed by atoms with E-state index in [1.54, 1.807) is 35.2 Å². The number of likely N-dealkylation sites (tertiary alicyclic amines) is 1. The summed E-state index contributed by atoms with van der Waals surface area (Å²) >= 11 is 0. The van der Waals surface area contributed by atoms with Crippen molar-refractivity contribution >= 4 is 5.91 Å². The predicted molar refractivity (Wildman–Crippen MR) is 88.4 cm³/mol. The molecule has 0 aliphatic carbocycles. The zero-order valence-electron chi connectivity index (χ0n) is 13.6. The van der Waals surface area contributed by atoms with Crippen LogP contribution in [0.1, 0.15) is 17.9 Å². The summed E-state index contributed by atoms with van der Waals surface area (Å²) < 4.78 is 29.1. The summed E-state index contributed by atoms with van der Waals surface area (Å²) in [6.45, 7) is 1.51. The first-order valence-corrected chi connectivity index (χ1v) is 8.25. The van der Waals surface area contributed by atoms with Gasteiger partial charge in [0.05, 0.1) is 0 Å². The first-order valence-electron chi connectivity index (χ1n) is 8.25. The minimum atomic E-state index is -0.244. The Balaban J connectivity index is 1.32. The smallest absolute Gasteiger partial charge is 0.260 e. The van der Waals surface area contributed by atoms with Gasteiger partial charge in [0.2, 0.25) is 6.79 Å². The van der Waals surface area contributed by atoms with Gasteiger partial charge in [-0.3, -0.25) is 4.79 Å². The summed E-state index contributed by atoms with van der Waals surface area (Å²) in [4.78, 5) is 14.2. The van der Waals surface area contributed by atoms with Crippen molar-refractivity contribution in [2.45, 2.75) is 12.3 Å². The molecule has 2 aliphatic rings. The van der Waals surface area contributed by atoms with Crippen LogP contribution < -0.4 is 14.2 Å². The third kappa shape index (κ3) is 3.38. The fraction of sp³-hybridized carbons (Fsp3) is 0.316. The lowest BCUT2D eigenvalue weighted by Gasteiger charge is -2.17. The highest BCUT2D eigenvalue weighted by molar-refractivity contribution is 5.78. The molecule has 2 aromatic carbocycles. The number of carbonyl (C=O) groups excluding carboxylic acids is 1. The van der Waals surface area contributed by atoms with Crippen molar-refractivity contribution in [2.24, 2.45) is 0 Å². The number of benzene rings is 2. The standard InChI is InChI=1S/C19H18FNO4/c20-15-3-1-13(2-4-15)14-7-8-21(10-14)19(22)11-23-16-5-6-17-18(9-16)25-12-24-17/h1-6,9,14H,7-8,10-12H2. The Morgan fingerprint density at radius 2 is 1.96 bits per heavy atom. The molecule has 1 fully saturated rings. The number of fused-ring (bicyclic) bond motifs is 1. The van der Waals surface area contributed by atoms with E-state index in [1.807, 2.05) is 0 Å². The molecule has 0 spiro atoms. The second-order valence-corrected chi connectivity index (χ2v) is 6.18. The molecule has 2 aliphatic heterocycles. The van der Waals surface area contributed by atoms with E-state index in [9.17, 15) is 9.18 Å². The Bertz CT molecular complexity index is 777. The third-order valence-corrected chi connectivity index (χ3v) is 4.59. The van der Waals surface area contributed by atoms with Gasteiger partial charge in [-0.2, -0.15) is 0 Å². The van der Waals surface area contributed by atoms with Gasteiger partial charge in [0.15, 0.2) is 18.1 Å². The summed E-state index contributed by atoms with van der Waals surface area (Å²) in [5.41, 5.74) is 1.06. The first-order chi connectivity index (χ1) is 12.2. The zero-order valence-corrected chi connectivity index (χ0v) is 13.6. The van der Waals surface area contributed by atoms with Gasteiger partial charge in [0, 0.05) is 25.1 Å². The van der Waals surface area contributed by atoms with Crippen molar-refractivity contribution in [3.05, 3.63) is 53.8 Å². The molecule has 4 rings (SSSR count). The van der Waals surface area contributed by atoms with Crippen molar-refractivity contribution < 1.29 is 23.4 Å². The molecule has 0 saturated carbocycles. The second kappa shape index (κ2) is 6.63. The number of amides is 1. The molecular formula is C19H18FNO4. The minimum Gasteiger partial charge on any atom is -0.484 e. The second-order valence-electron chi connectivity index (χ2n) is 6.18. The number of ether oxygens (including phenoxy) is 3. The highest BCUT2D eigenvalue weighted by Crippen LogP contribution is 2.35. The number of rotatable bonds is 4. The Morgan fingerprint density at radius 3 is 2.80 bits per heavy atom. The summed E-state index contributed by atoms with van der Waals surface area (Å²) in [7, 11) is 0. The lowest BCUT2D eigenvalue weighted by atomic mass is 9.99. The molecule has 0 N–H and O–H groups in total. The van der Waals surface area contributed by atoms with Crippen molar-refractivity contribution in [1.82, 2.24) is 4.90 Å². The van der Waals surface area contributed by atoms with Gasteiger partial charge in [0.25, 0.3) is 5.91 Å². The summed E-state index contributed by atoms with van der Waals surface area (Å²) in [5.74, 6) is 1.83. The number of hydrogen-bond donors (Lipinski definition) is 0. The lowest BCUT2D eigenvalue weighted by molar-refractivity contribution is -0.132. The van der Waals surface area contributed by atoms with Gasteiger partial charge >= 0.3 is 0 Å². The van der Waals surface area contributed by atoms with Gasteiger partial charge in [-0.15, -0.1) is 0 Å². The zero-order chi connectivity index (χ0) is 17.2. The van der Waals surface area contributed by atoms with Crippen LogP contribution in [0.4, 0.5) is 4.39 Å². The number of hydrogen-bond acceptors (Lipinski definition) is 4. The predicted octanol–water partition coefficient (Wildman–Crippen LogP) is 2.95. The lowest BCUT2D eigenvalue weighted by Crippen LogP contribution is -2.32. The van der Waals surface area contributed by atoms with Crippen LogP contribution in [0.15, 0.2) is 42.5 Å². The van der Waals surface area contributed by atoms with Crippen LogP contribution in [0.2, 0.25) is 0 Å². The Labute approximate surface area is 144 Å². The average molecular weight is 343 g/mol. The molecule has 1 amide bonds. The molecular weight excluding hydrogens is 325 g/mol. The molecule has 2 heterocycles. The molecule has 6 heteroatoms. The van der Waals surface area contributed by atoms with Crippen LogP contribution in [0.5, 0.6) is 17.2 Å². The molecule has 5 nitrogen and oxygen atoms in total. The monoisotopic (exact) mass is 343 g/mol. The normalized spacial score (nSPS) is 18.4. The maximum absolute atomic E-state index is 13.0. The Kier molecular flexibility index (Phi) is 4.17. The maximum atomic E-state index is 13.0. The van der Waals surface area contributed by atoms with Crippen LogP contribution in [-0.4, -0.2) is 37.3 Å². The van der Waals surface area contributed by atoms with E-state index in [-0.39, 0.29) is 31.0 Å². The molecule has 1 unspecified atom stereocenters. The number of carbonyl (C=O) groups is 1. The fourth-order valence-electron chi connectivity index (χ4n) is 3.20. The highest BCUT2D eigenvalue weighted by atomic mass is 19.1. The van der Waals surface area contributed by atoms with Crippen LogP contribution >= 0.6 is 0 Å². The van der Waals surface area contributed by atoms with Gasteiger partial charge in [-0.1, -0.05) is 12.1 Å². The van der Waals surface area contributed by atoms with Gasteiger partial charge in [-0.05, 0) is 36.2 Å². The van der Waals surface area contributed by atoms with Crippen LogP contribution in [0.25, 0.3) is 0 Å². The van der Waals surface area contributed by atoms with E-state index in [0.29, 0.717) is 30.3 Å². The number of halogens is 1. The Hall–Kier alpha value is -2.76. The van der Waals surface area contributed by atoms with E-state index >= 15 is 0 Å². The summed E-state index contributed by atoms with van der Waals surface area (Å²) in [6, 6.07) is 11.7. The summed E-state index contributed by atoms with van der Waals surface area (Å²) in [6.07, 6.45) is 0.876. The van der Waals surface area contributed by atoms with Crippen molar-refractivity contribution in [1.29, 1.82) is 0 Å². The topological polar surface area (TPSA) is 48.0 Å². The molecule has 25 heavy (non-hydrogen) atoms. The molecule has 130 valence electrons. The SMILES string of the molecule is O=C(COc1ccc2c(c1)OCO2)N1CCC(c2ccc(F)cc2)C1. The molecule has 1 atom stereocenters. The molecule has 0 bridgehead atoms. The Morgan fingerprint density at radius 1 is 1.16 bits per heavy atom. The van der Waals surface area contributed by atoms with E-state index in [2.05, 4.69) is 0 Å². The molecule has 0 radical (unpaired) electrons. The molecule has 1 saturated heterocycles. The van der Waals surface area contributed by atoms with Crippen LogP contribution in [0.3, 0.4) is 0 Å². The highest BCUT2D eigenvalue weighted by Gasteiger charge is 2.27. The third-order valence-electron chi connectivity index (χ3n) is 4.59. The maximum Gasteiger partial charge on any atom is 0.260 e. The first kappa shape index (κ1) is 15.7. The van der Waals surface area contributed by atoms with Gasteiger partial charge in [-0.25, -0.2) is 4.39 Å². The quantitative estimate of drug-likeness (QED) is 0.856. The van der Waals surface area contributed by atoms with E-state index in [1.165, 1.54) is 12.1 Å². The van der Waals surface area contributed by atoms with Crippen LogP contribution in [0, 0.1) is 5.82 Å². The van der Waals surface area contributed by atoms with Gasteiger partial charge < -0.3 is 19.1 Å².